The monoisotopic (exact) mass is 339 g/mol. The summed E-state index contributed by atoms with van der Waals surface area (Å²) in [5, 5.41) is 4.02. The van der Waals surface area contributed by atoms with Crippen LogP contribution in [-0.4, -0.2) is 49.9 Å². The zero-order valence-electron chi connectivity index (χ0n) is 13.9. The third-order valence-electron chi connectivity index (χ3n) is 3.71. The van der Waals surface area contributed by atoms with E-state index in [0.717, 1.165) is 30.2 Å². The van der Waals surface area contributed by atoms with Crippen molar-refractivity contribution < 1.29 is 14.3 Å². The summed E-state index contributed by atoms with van der Waals surface area (Å²) in [5.74, 6) is 1.36. The number of rotatable bonds is 6. The molecule has 6 heteroatoms. The SMILES string of the molecule is O=C(CN1CCOCC1)N/N=C/c1cccc(Oc2ccccc2)c1. The normalized spacial score (nSPS) is 15.2. The smallest absolute Gasteiger partial charge is 0.254 e. The third-order valence-corrected chi connectivity index (χ3v) is 3.71. The van der Waals surface area contributed by atoms with Gasteiger partial charge in [0.2, 0.25) is 0 Å². The summed E-state index contributed by atoms with van der Waals surface area (Å²) in [4.78, 5) is 13.9. The van der Waals surface area contributed by atoms with Crippen LogP contribution in [0.25, 0.3) is 0 Å². The number of para-hydroxylation sites is 1. The number of hydrogen-bond donors (Lipinski definition) is 1. The second-order valence-electron chi connectivity index (χ2n) is 5.67. The van der Waals surface area contributed by atoms with Gasteiger partial charge in [0.1, 0.15) is 11.5 Å². The molecule has 0 atom stereocenters. The van der Waals surface area contributed by atoms with Crippen molar-refractivity contribution in [2.75, 3.05) is 32.8 Å². The van der Waals surface area contributed by atoms with Crippen LogP contribution in [0.5, 0.6) is 11.5 Å². The van der Waals surface area contributed by atoms with Gasteiger partial charge in [-0.1, -0.05) is 30.3 Å². The molecule has 0 unspecified atom stereocenters. The molecule has 1 heterocycles. The van der Waals surface area contributed by atoms with Gasteiger partial charge in [-0.15, -0.1) is 0 Å². The van der Waals surface area contributed by atoms with Crippen molar-refractivity contribution in [2.45, 2.75) is 0 Å². The fourth-order valence-corrected chi connectivity index (χ4v) is 2.46. The van der Waals surface area contributed by atoms with Crippen LogP contribution < -0.4 is 10.2 Å². The van der Waals surface area contributed by atoms with E-state index in [0.29, 0.717) is 19.8 Å². The molecule has 0 spiro atoms. The number of carbonyl (C=O) groups excluding carboxylic acids is 1. The molecule has 3 rings (SSSR count). The highest BCUT2D eigenvalue weighted by Crippen LogP contribution is 2.21. The number of hydrogen-bond acceptors (Lipinski definition) is 5. The first kappa shape index (κ1) is 17.1. The Balaban J connectivity index is 1.51. The lowest BCUT2D eigenvalue weighted by Crippen LogP contribution is -2.42. The summed E-state index contributed by atoms with van der Waals surface area (Å²) in [6, 6.07) is 17.1. The van der Waals surface area contributed by atoms with E-state index in [1.165, 1.54) is 0 Å². The van der Waals surface area contributed by atoms with Crippen LogP contribution in [0, 0.1) is 0 Å². The van der Waals surface area contributed by atoms with Gasteiger partial charge in [-0.2, -0.15) is 5.10 Å². The highest BCUT2D eigenvalue weighted by atomic mass is 16.5. The largest absolute Gasteiger partial charge is 0.457 e. The predicted molar refractivity (Wildman–Crippen MR) is 96.0 cm³/mol. The van der Waals surface area contributed by atoms with E-state index in [-0.39, 0.29) is 5.91 Å². The lowest BCUT2D eigenvalue weighted by Gasteiger charge is -2.25. The molecule has 1 aliphatic rings. The van der Waals surface area contributed by atoms with Crippen molar-refractivity contribution in [3.05, 3.63) is 60.2 Å². The second-order valence-corrected chi connectivity index (χ2v) is 5.67. The number of carbonyl (C=O) groups is 1. The lowest BCUT2D eigenvalue weighted by atomic mass is 10.2. The van der Waals surface area contributed by atoms with Crippen molar-refractivity contribution in [1.82, 2.24) is 10.3 Å². The van der Waals surface area contributed by atoms with Crippen molar-refractivity contribution in [2.24, 2.45) is 5.10 Å². The van der Waals surface area contributed by atoms with E-state index in [1.807, 2.05) is 59.5 Å². The maximum Gasteiger partial charge on any atom is 0.254 e. The molecule has 25 heavy (non-hydrogen) atoms. The Kier molecular flexibility index (Phi) is 6.14. The first-order valence-corrected chi connectivity index (χ1v) is 8.24. The Labute approximate surface area is 147 Å². The van der Waals surface area contributed by atoms with E-state index >= 15 is 0 Å². The zero-order valence-corrected chi connectivity index (χ0v) is 13.9. The highest BCUT2D eigenvalue weighted by molar-refractivity contribution is 5.83. The van der Waals surface area contributed by atoms with Crippen LogP contribution in [0.15, 0.2) is 59.7 Å². The van der Waals surface area contributed by atoms with Crippen molar-refractivity contribution in [3.63, 3.8) is 0 Å². The second kappa shape index (κ2) is 8.96. The van der Waals surface area contributed by atoms with E-state index in [2.05, 4.69) is 10.5 Å². The molecule has 1 aliphatic heterocycles. The van der Waals surface area contributed by atoms with E-state index in [1.54, 1.807) is 6.21 Å². The Morgan fingerprint density at radius 3 is 2.68 bits per heavy atom. The van der Waals surface area contributed by atoms with Gasteiger partial charge in [-0.05, 0) is 29.8 Å². The average Bonchev–Trinajstić information content (AvgIpc) is 2.64. The molecule has 1 N–H and O–H groups in total. The van der Waals surface area contributed by atoms with Gasteiger partial charge in [-0.3, -0.25) is 9.69 Å². The number of morpholine rings is 1. The summed E-state index contributed by atoms with van der Waals surface area (Å²) in [6.07, 6.45) is 1.61. The molecule has 0 aromatic heterocycles. The van der Waals surface area contributed by atoms with Crippen molar-refractivity contribution >= 4 is 12.1 Å². The third kappa shape index (κ3) is 5.70. The molecule has 2 aromatic rings. The lowest BCUT2D eigenvalue weighted by molar-refractivity contribution is -0.123. The van der Waals surface area contributed by atoms with Gasteiger partial charge in [0, 0.05) is 13.1 Å². The number of benzene rings is 2. The summed E-state index contributed by atoms with van der Waals surface area (Å²) in [7, 11) is 0. The van der Waals surface area contributed by atoms with Crippen LogP contribution in [-0.2, 0) is 9.53 Å². The minimum Gasteiger partial charge on any atom is -0.457 e. The topological polar surface area (TPSA) is 63.2 Å². The molecular formula is C19H21N3O3. The van der Waals surface area contributed by atoms with Crippen LogP contribution in [0.2, 0.25) is 0 Å². The molecule has 6 nitrogen and oxygen atoms in total. The number of nitrogens with one attached hydrogen (secondary N) is 1. The Bertz CT molecular complexity index is 713. The van der Waals surface area contributed by atoms with Crippen molar-refractivity contribution in [3.8, 4) is 11.5 Å². The predicted octanol–water partition coefficient (Wildman–Crippen LogP) is 2.26. The minimum atomic E-state index is -0.130. The van der Waals surface area contributed by atoms with Gasteiger partial charge in [-0.25, -0.2) is 5.43 Å². The van der Waals surface area contributed by atoms with Crippen LogP contribution in [0.1, 0.15) is 5.56 Å². The molecule has 1 saturated heterocycles. The first-order valence-electron chi connectivity index (χ1n) is 8.24. The number of hydrazone groups is 1. The first-order chi connectivity index (χ1) is 12.3. The van der Waals surface area contributed by atoms with Gasteiger partial charge in [0.25, 0.3) is 5.91 Å². The van der Waals surface area contributed by atoms with E-state index in [4.69, 9.17) is 9.47 Å². The summed E-state index contributed by atoms with van der Waals surface area (Å²) in [6.45, 7) is 3.22. The molecule has 1 amide bonds. The molecular weight excluding hydrogens is 318 g/mol. The van der Waals surface area contributed by atoms with Gasteiger partial charge in [0.05, 0.1) is 26.0 Å². The van der Waals surface area contributed by atoms with Crippen LogP contribution in [0.4, 0.5) is 0 Å². The number of amides is 1. The van der Waals surface area contributed by atoms with Crippen LogP contribution >= 0.6 is 0 Å². The maximum absolute atomic E-state index is 11.9. The summed E-state index contributed by atoms with van der Waals surface area (Å²) < 4.78 is 11.0. The van der Waals surface area contributed by atoms with Gasteiger partial charge < -0.3 is 9.47 Å². The van der Waals surface area contributed by atoms with E-state index in [9.17, 15) is 4.79 Å². The van der Waals surface area contributed by atoms with E-state index < -0.39 is 0 Å². The fraction of sp³-hybridized carbons (Fsp3) is 0.263. The van der Waals surface area contributed by atoms with Gasteiger partial charge in [0.15, 0.2) is 0 Å². The van der Waals surface area contributed by atoms with Crippen molar-refractivity contribution in [1.29, 1.82) is 0 Å². The molecule has 0 radical (unpaired) electrons. The summed E-state index contributed by atoms with van der Waals surface area (Å²) >= 11 is 0. The number of nitrogens with zero attached hydrogens (tertiary/aromatic N) is 2. The highest BCUT2D eigenvalue weighted by Gasteiger charge is 2.13. The molecule has 2 aromatic carbocycles. The quantitative estimate of drug-likeness (QED) is 0.648. The standard InChI is InChI=1S/C19H21N3O3/c23-19(15-22-9-11-24-12-10-22)21-20-14-16-5-4-8-18(13-16)25-17-6-2-1-3-7-17/h1-8,13-14H,9-12,15H2,(H,21,23)/b20-14+. The minimum absolute atomic E-state index is 0.130. The Hall–Kier alpha value is -2.70. The molecule has 1 fully saturated rings. The molecule has 0 bridgehead atoms. The summed E-state index contributed by atoms with van der Waals surface area (Å²) in [5.41, 5.74) is 3.40. The van der Waals surface area contributed by atoms with Gasteiger partial charge >= 0.3 is 0 Å². The Morgan fingerprint density at radius 1 is 1.12 bits per heavy atom. The number of ether oxygens (including phenoxy) is 2. The Morgan fingerprint density at radius 2 is 1.88 bits per heavy atom. The maximum atomic E-state index is 11.9. The molecule has 0 saturated carbocycles. The fourth-order valence-electron chi connectivity index (χ4n) is 2.46. The average molecular weight is 339 g/mol. The molecule has 130 valence electrons. The van der Waals surface area contributed by atoms with Crippen LogP contribution in [0.3, 0.4) is 0 Å². The zero-order chi connectivity index (χ0) is 17.3. The molecule has 0 aliphatic carbocycles.